The van der Waals surface area contributed by atoms with Crippen LogP contribution in [-0.2, 0) is 26.2 Å². The van der Waals surface area contributed by atoms with Gasteiger partial charge >= 0.3 is 5.97 Å². The van der Waals surface area contributed by atoms with Crippen molar-refractivity contribution < 1.29 is 17.9 Å². The normalized spacial score (nSPS) is 13.8. The second kappa shape index (κ2) is 7.76. The summed E-state index contributed by atoms with van der Waals surface area (Å²) in [5.74, 6) is -0.731. The Morgan fingerprint density at radius 2 is 1.79 bits per heavy atom. The molecule has 0 N–H and O–H groups in total. The summed E-state index contributed by atoms with van der Waals surface area (Å²) in [6.07, 6.45) is 0. The average molecular weight is 458 g/mol. The van der Waals surface area contributed by atoms with Gasteiger partial charge in [-0.1, -0.05) is 42.5 Å². The number of esters is 1. The molecule has 0 saturated carbocycles. The molecule has 0 saturated heterocycles. The van der Waals surface area contributed by atoms with E-state index >= 15 is 0 Å². The van der Waals surface area contributed by atoms with E-state index in [9.17, 15) is 18.5 Å². The Morgan fingerprint density at radius 1 is 1.06 bits per heavy atom. The molecule has 0 unspecified atom stereocenters. The van der Waals surface area contributed by atoms with Crippen molar-refractivity contribution in [2.24, 2.45) is 0 Å². The van der Waals surface area contributed by atoms with E-state index in [-0.39, 0.29) is 11.5 Å². The zero-order valence-electron chi connectivity index (χ0n) is 17.6. The lowest BCUT2D eigenvalue weighted by molar-refractivity contribution is -0.143. The van der Waals surface area contributed by atoms with E-state index in [0.717, 1.165) is 15.4 Å². The van der Waals surface area contributed by atoms with Crippen LogP contribution >= 0.6 is 0 Å². The lowest BCUT2D eigenvalue weighted by Crippen LogP contribution is -2.33. The van der Waals surface area contributed by atoms with Crippen molar-refractivity contribution in [2.45, 2.75) is 18.4 Å². The average Bonchev–Trinajstić information content (AvgIpc) is 3.26. The fraction of sp³-hybridized carbons (Fsp3) is 0.125. The number of nitriles is 1. The summed E-state index contributed by atoms with van der Waals surface area (Å²) in [6, 6.07) is 21.6. The van der Waals surface area contributed by atoms with Crippen molar-refractivity contribution in [1.29, 1.82) is 5.26 Å². The predicted octanol–water partition coefficient (Wildman–Crippen LogP) is 3.46. The number of hydrogen-bond acceptors (Lipinski definition) is 6. The quantitative estimate of drug-likeness (QED) is 0.424. The van der Waals surface area contributed by atoms with E-state index in [1.165, 1.54) is 6.07 Å². The van der Waals surface area contributed by atoms with E-state index < -0.39 is 22.5 Å². The van der Waals surface area contributed by atoms with Gasteiger partial charge in [0.05, 0.1) is 27.7 Å². The van der Waals surface area contributed by atoms with E-state index in [4.69, 9.17) is 4.74 Å². The minimum absolute atomic E-state index is 0.174. The molecule has 164 valence electrons. The van der Waals surface area contributed by atoms with E-state index in [1.54, 1.807) is 29.8 Å². The molecule has 2 heterocycles. The predicted molar refractivity (Wildman–Crippen MR) is 121 cm³/mol. The van der Waals surface area contributed by atoms with E-state index in [1.807, 2.05) is 42.5 Å². The minimum atomic E-state index is -3.87. The summed E-state index contributed by atoms with van der Waals surface area (Å²) in [5.41, 5.74) is 2.42. The van der Waals surface area contributed by atoms with Crippen LogP contribution in [-0.4, -0.2) is 30.7 Å². The summed E-state index contributed by atoms with van der Waals surface area (Å²) in [6.45, 7) is 1.01. The maximum absolute atomic E-state index is 13.1. The Morgan fingerprint density at radius 3 is 2.52 bits per heavy atom. The molecule has 1 aromatic heterocycles. The number of ether oxygens (including phenoxy) is 1. The Balaban J connectivity index is 1.41. The molecule has 0 bridgehead atoms. The molecule has 0 fully saturated rings. The van der Waals surface area contributed by atoms with Crippen molar-refractivity contribution in [3.8, 4) is 11.8 Å². The molecule has 9 heteroatoms. The molecule has 0 atom stereocenters. The molecule has 33 heavy (non-hydrogen) atoms. The molecule has 4 aromatic rings. The van der Waals surface area contributed by atoms with Crippen LogP contribution in [0.5, 0.6) is 0 Å². The van der Waals surface area contributed by atoms with Gasteiger partial charge in [-0.25, -0.2) is 13.1 Å². The maximum Gasteiger partial charge on any atom is 0.327 e. The minimum Gasteiger partial charge on any atom is -0.458 e. The molecular weight excluding hydrogens is 440 g/mol. The van der Waals surface area contributed by atoms with Gasteiger partial charge in [-0.3, -0.25) is 9.10 Å². The summed E-state index contributed by atoms with van der Waals surface area (Å²) >= 11 is 0. The zero-order valence-corrected chi connectivity index (χ0v) is 18.4. The van der Waals surface area contributed by atoms with Gasteiger partial charge in [0.1, 0.15) is 24.8 Å². The first-order valence-corrected chi connectivity index (χ1v) is 11.6. The third kappa shape index (κ3) is 3.32. The molecule has 0 amide bonds. The lowest BCUT2D eigenvalue weighted by atomic mass is 10.1. The van der Waals surface area contributed by atoms with Crippen molar-refractivity contribution in [3.05, 3.63) is 83.7 Å². The fourth-order valence-electron chi connectivity index (χ4n) is 4.08. The number of nitrogens with zero attached hydrogens (tertiary/aromatic N) is 4. The number of rotatable bonds is 5. The monoisotopic (exact) mass is 458 g/mol. The topological polar surface area (TPSA) is 105 Å². The van der Waals surface area contributed by atoms with Crippen LogP contribution in [0.3, 0.4) is 0 Å². The second-order valence-corrected chi connectivity index (χ2v) is 9.40. The standard InChI is InChI=1S/C24H18N4O4S/c1-16-19(13-25)21(28(26-16)18-9-3-2-4-10-18)15-32-23(29)14-27-20-11-5-7-17-8-6-12-22(24(17)20)33(27,30)31/h2-12H,14-15H2,1H3. The number of anilines is 1. The van der Waals surface area contributed by atoms with Crippen molar-refractivity contribution in [1.82, 2.24) is 9.78 Å². The number of sulfonamides is 1. The van der Waals surface area contributed by atoms with Gasteiger partial charge in [-0.05, 0) is 36.6 Å². The smallest absolute Gasteiger partial charge is 0.327 e. The van der Waals surface area contributed by atoms with Crippen LogP contribution in [0.4, 0.5) is 5.69 Å². The van der Waals surface area contributed by atoms with Gasteiger partial charge in [0.15, 0.2) is 0 Å². The SMILES string of the molecule is Cc1nn(-c2ccccc2)c(COC(=O)CN2c3cccc4cccc(c34)S2(=O)=O)c1C#N. The number of para-hydroxylation sites is 1. The van der Waals surface area contributed by atoms with Crippen molar-refractivity contribution in [3.63, 3.8) is 0 Å². The van der Waals surface area contributed by atoms with Gasteiger partial charge in [0.2, 0.25) is 0 Å². The molecule has 0 spiro atoms. The third-order valence-electron chi connectivity index (χ3n) is 5.59. The molecule has 1 aliphatic heterocycles. The number of carbonyl (C=O) groups is 1. The molecule has 3 aromatic carbocycles. The lowest BCUT2D eigenvalue weighted by Gasteiger charge is -2.18. The number of aromatic nitrogens is 2. The molecule has 8 nitrogen and oxygen atoms in total. The van der Waals surface area contributed by atoms with Crippen LogP contribution in [0, 0.1) is 18.3 Å². The summed E-state index contributed by atoms with van der Waals surface area (Å²) in [4.78, 5) is 12.9. The molecular formula is C24H18N4O4S. The van der Waals surface area contributed by atoms with Crippen LogP contribution < -0.4 is 4.31 Å². The zero-order chi connectivity index (χ0) is 23.2. The molecule has 0 aliphatic carbocycles. The number of hydrogen-bond donors (Lipinski definition) is 0. The van der Waals surface area contributed by atoms with Gasteiger partial charge < -0.3 is 4.74 Å². The number of carbonyl (C=O) groups excluding carboxylic acids is 1. The van der Waals surface area contributed by atoms with Gasteiger partial charge in [0, 0.05) is 5.39 Å². The Bertz CT molecular complexity index is 1550. The maximum atomic E-state index is 13.1. The van der Waals surface area contributed by atoms with Crippen molar-refractivity contribution in [2.75, 3.05) is 10.8 Å². The molecule has 5 rings (SSSR count). The van der Waals surface area contributed by atoms with E-state index in [2.05, 4.69) is 11.2 Å². The largest absolute Gasteiger partial charge is 0.458 e. The summed E-state index contributed by atoms with van der Waals surface area (Å²) in [7, 11) is -3.87. The number of aryl methyl sites for hydroxylation is 1. The Labute approximate surface area is 190 Å². The third-order valence-corrected chi connectivity index (χ3v) is 7.39. The molecule has 1 aliphatic rings. The van der Waals surface area contributed by atoms with Crippen LogP contribution in [0.25, 0.3) is 16.5 Å². The highest BCUT2D eigenvalue weighted by atomic mass is 32.2. The van der Waals surface area contributed by atoms with Crippen molar-refractivity contribution >= 4 is 32.5 Å². The highest BCUT2D eigenvalue weighted by Gasteiger charge is 2.37. The number of benzene rings is 3. The van der Waals surface area contributed by atoms with Crippen LogP contribution in [0.15, 0.2) is 71.6 Å². The first-order valence-electron chi connectivity index (χ1n) is 10.2. The molecule has 0 radical (unpaired) electrons. The summed E-state index contributed by atoms with van der Waals surface area (Å²) < 4.78 is 34.2. The highest BCUT2D eigenvalue weighted by molar-refractivity contribution is 7.93. The highest BCUT2D eigenvalue weighted by Crippen LogP contribution is 2.41. The van der Waals surface area contributed by atoms with Gasteiger partial charge in [-0.2, -0.15) is 10.4 Å². The fourth-order valence-corrected chi connectivity index (χ4v) is 5.73. The van der Waals surface area contributed by atoms with Crippen LogP contribution in [0.2, 0.25) is 0 Å². The first-order chi connectivity index (χ1) is 15.9. The van der Waals surface area contributed by atoms with Crippen LogP contribution in [0.1, 0.15) is 17.0 Å². The first kappa shape index (κ1) is 20.7. The van der Waals surface area contributed by atoms with Gasteiger partial charge in [-0.15, -0.1) is 0 Å². The Hall–Kier alpha value is -4.16. The van der Waals surface area contributed by atoms with E-state index in [0.29, 0.717) is 28.0 Å². The summed E-state index contributed by atoms with van der Waals surface area (Å²) in [5, 5.41) is 15.4. The second-order valence-electron chi connectivity index (χ2n) is 7.57. The Kier molecular flexibility index (Phi) is 4.87. The van der Waals surface area contributed by atoms with Gasteiger partial charge in [0.25, 0.3) is 10.0 Å².